The van der Waals surface area contributed by atoms with E-state index in [-0.39, 0.29) is 6.61 Å². The molecule has 0 heterocycles. The predicted octanol–water partition coefficient (Wildman–Crippen LogP) is 5.13. The van der Waals surface area contributed by atoms with E-state index in [2.05, 4.69) is 5.16 Å². The maximum Gasteiger partial charge on any atom is 0.416 e. The first-order valence-corrected chi connectivity index (χ1v) is 9.58. The molecule has 0 aromatic heterocycles. The highest BCUT2D eigenvalue weighted by atomic mass is 19.4. The minimum absolute atomic E-state index is 0.274. The number of nitrogens with zero attached hydrogens (tertiary/aromatic N) is 1. The molecule has 8 heteroatoms. The lowest BCUT2D eigenvalue weighted by Crippen LogP contribution is -2.25. The molecule has 5 nitrogen and oxygen atoms in total. The summed E-state index contributed by atoms with van der Waals surface area (Å²) in [5.74, 6) is -0.482. The molecule has 2 rings (SSSR count). The molecule has 0 spiro atoms. The molecule has 1 atom stereocenters. The lowest BCUT2D eigenvalue weighted by Gasteiger charge is -2.13. The van der Waals surface area contributed by atoms with Crippen LogP contribution in [0.4, 0.5) is 13.2 Å². The number of carboxylic acids is 1. The molecule has 2 aromatic rings. The van der Waals surface area contributed by atoms with Gasteiger partial charge in [0.1, 0.15) is 12.4 Å². The van der Waals surface area contributed by atoms with Crippen LogP contribution in [0.25, 0.3) is 0 Å². The van der Waals surface area contributed by atoms with Gasteiger partial charge in [-0.05, 0) is 54.7 Å². The molecule has 1 N–H and O–H groups in total. The Balaban J connectivity index is 1.66. The molecule has 0 aliphatic rings. The molecular weight excluding hydrogens is 399 g/mol. The number of oxime groups is 1. The van der Waals surface area contributed by atoms with E-state index < -0.39 is 23.8 Å². The molecule has 0 aliphatic carbocycles. The molecule has 162 valence electrons. The van der Waals surface area contributed by atoms with Crippen LogP contribution in [0.2, 0.25) is 0 Å². The lowest BCUT2D eigenvalue weighted by molar-refractivity contribution is -0.145. The molecule has 0 radical (unpaired) electrons. The largest absolute Gasteiger partial charge is 0.479 e. The van der Waals surface area contributed by atoms with Crippen molar-refractivity contribution in [1.82, 2.24) is 0 Å². The van der Waals surface area contributed by atoms with Crippen LogP contribution in [0, 0.1) is 0 Å². The fourth-order valence-corrected chi connectivity index (χ4v) is 2.62. The third kappa shape index (κ3) is 7.77. The van der Waals surface area contributed by atoms with Gasteiger partial charge in [0.2, 0.25) is 0 Å². The van der Waals surface area contributed by atoms with E-state index in [1.807, 2.05) is 12.1 Å². The Morgan fingerprint density at radius 2 is 1.67 bits per heavy atom. The molecule has 0 saturated carbocycles. The van der Waals surface area contributed by atoms with Crippen molar-refractivity contribution in [2.45, 2.75) is 44.9 Å². The van der Waals surface area contributed by atoms with Crippen molar-refractivity contribution in [2.24, 2.45) is 5.16 Å². The van der Waals surface area contributed by atoms with Gasteiger partial charge < -0.3 is 14.7 Å². The summed E-state index contributed by atoms with van der Waals surface area (Å²) in [7, 11) is 0. The van der Waals surface area contributed by atoms with Gasteiger partial charge in [-0.25, -0.2) is 4.79 Å². The van der Waals surface area contributed by atoms with E-state index in [9.17, 15) is 18.0 Å². The number of aliphatic carboxylic acids is 1. The number of carbonyl (C=O) groups is 1. The van der Waals surface area contributed by atoms with E-state index in [4.69, 9.17) is 14.7 Å². The molecular formula is C22H24F3NO4. The topological polar surface area (TPSA) is 68.1 Å². The fourth-order valence-electron chi connectivity index (χ4n) is 2.62. The summed E-state index contributed by atoms with van der Waals surface area (Å²) in [6.07, 6.45) is -1.34. The molecule has 30 heavy (non-hydrogen) atoms. The number of carboxylic acid groups (broad SMARTS) is 1. The van der Waals surface area contributed by atoms with E-state index in [0.29, 0.717) is 25.0 Å². The normalized spacial score (nSPS) is 12.7. The van der Waals surface area contributed by atoms with Gasteiger partial charge in [-0.2, -0.15) is 13.2 Å². The number of alkyl halides is 3. The Morgan fingerprint density at radius 1 is 1.07 bits per heavy atom. The Morgan fingerprint density at radius 3 is 2.23 bits per heavy atom. The Bertz CT molecular complexity index is 818. The second-order valence-electron chi connectivity index (χ2n) is 6.60. The van der Waals surface area contributed by atoms with Gasteiger partial charge in [0.05, 0.1) is 5.56 Å². The summed E-state index contributed by atoms with van der Waals surface area (Å²) >= 11 is 0. The SMILES string of the molecule is CCC(Oc1ccc(CCC=NOCCc2ccc(C(F)(F)F)cc2)cc1)C(=O)O. The van der Waals surface area contributed by atoms with Gasteiger partial charge in [-0.15, -0.1) is 0 Å². The van der Waals surface area contributed by atoms with Crippen LogP contribution in [0.3, 0.4) is 0 Å². The average molecular weight is 423 g/mol. The maximum atomic E-state index is 12.5. The van der Waals surface area contributed by atoms with Crippen molar-refractivity contribution in [1.29, 1.82) is 0 Å². The first kappa shape index (κ1) is 23.3. The van der Waals surface area contributed by atoms with Gasteiger partial charge in [0, 0.05) is 12.6 Å². The molecule has 0 amide bonds. The second-order valence-corrected chi connectivity index (χ2v) is 6.60. The number of ether oxygens (including phenoxy) is 1. The third-order valence-electron chi connectivity index (χ3n) is 4.32. The van der Waals surface area contributed by atoms with E-state index >= 15 is 0 Å². The summed E-state index contributed by atoms with van der Waals surface area (Å²) in [6, 6.07) is 12.2. The van der Waals surface area contributed by atoms with Crippen LogP contribution in [-0.4, -0.2) is 30.0 Å². The summed E-state index contributed by atoms with van der Waals surface area (Å²) in [5, 5.41) is 12.9. The van der Waals surface area contributed by atoms with Crippen LogP contribution in [-0.2, 0) is 28.7 Å². The van der Waals surface area contributed by atoms with Crippen molar-refractivity contribution in [3.63, 3.8) is 0 Å². The quantitative estimate of drug-likeness (QED) is 0.309. The minimum atomic E-state index is -4.33. The van der Waals surface area contributed by atoms with Crippen LogP contribution < -0.4 is 4.74 Å². The first-order valence-electron chi connectivity index (χ1n) is 9.58. The van der Waals surface area contributed by atoms with E-state index in [1.54, 1.807) is 25.3 Å². The number of benzene rings is 2. The standard InChI is InChI=1S/C22H24F3NO4/c1-2-20(21(27)28)30-19-11-7-16(8-12-19)4-3-14-26-29-15-13-17-5-9-18(10-6-17)22(23,24)25/h5-12,14,20H,2-4,13,15H2,1H3,(H,27,28). The minimum Gasteiger partial charge on any atom is -0.479 e. The smallest absolute Gasteiger partial charge is 0.416 e. The van der Waals surface area contributed by atoms with Gasteiger partial charge in [0.25, 0.3) is 0 Å². The number of aryl methyl sites for hydroxylation is 1. The van der Waals surface area contributed by atoms with E-state index in [1.165, 1.54) is 12.1 Å². The Hall–Kier alpha value is -3.03. The third-order valence-corrected chi connectivity index (χ3v) is 4.32. The highest BCUT2D eigenvalue weighted by Gasteiger charge is 2.29. The van der Waals surface area contributed by atoms with Crippen LogP contribution >= 0.6 is 0 Å². The monoisotopic (exact) mass is 423 g/mol. The van der Waals surface area contributed by atoms with Crippen LogP contribution in [0.1, 0.15) is 36.5 Å². The summed E-state index contributed by atoms with van der Waals surface area (Å²) in [5.41, 5.74) is 1.12. The fraction of sp³-hybridized carbons (Fsp3) is 0.364. The molecule has 0 saturated heterocycles. The van der Waals surface area contributed by atoms with Gasteiger partial charge in [-0.1, -0.05) is 36.3 Å². The number of hydrogen-bond acceptors (Lipinski definition) is 4. The molecule has 2 aromatic carbocycles. The first-order chi connectivity index (χ1) is 14.3. The number of hydrogen-bond donors (Lipinski definition) is 1. The zero-order chi connectivity index (χ0) is 22.0. The van der Waals surface area contributed by atoms with E-state index in [0.717, 1.165) is 29.7 Å². The average Bonchev–Trinajstić information content (AvgIpc) is 2.71. The zero-order valence-corrected chi connectivity index (χ0v) is 16.6. The van der Waals surface area contributed by atoms with Crippen molar-refractivity contribution in [2.75, 3.05) is 6.61 Å². The van der Waals surface area contributed by atoms with Crippen LogP contribution in [0.15, 0.2) is 53.7 Å². The van der Waals surface area contributed by atoms with Crippen molar-refractivity contribution in [3.05, 3.63) is 65.2 Å². The second kappa shape index (κ2) is 11.2. The van der Waals surface area contributed by atoms with Crippen molar-refractivity contribution >= 4 is 12.2 Å². The summed E-state index contributed by atoms with van der Waals surface area (Å²) in [4.78, 5) is 16.1. The molecule has 0 fully saturated rings. The molecule has 0 bridgehead atoms. The van der Waals surface area contributed by atoms with Crippen molar-refractivity contribution in [3.8, 4) is 5.75 Å². The highest BCUT2D eigenvalue weighted by Crippen LogP contribution is 2.29. The lowest BCUT2D eigenvalue weighted by atomic mass is 10.1. The number of halogens is 3. The maximum absolute atomic E-state index is 12.5. The molecule has 1 unspecified atom stereocenters. The van der Waals surface area contributed by atoms with Gasteiger partial charge in [-0.3, -0.25) is 0 Å². The van der Waals surface area contributed by atoms with Gasteiger partial charge in [0.15, 0.2) is 6.10 Å². The summed E-state index contributed by atoms with van der Waals surface area (Å²) < 4.78 is 42.9. The zero-order valence-electron chi connectivity index (χ0n) is 16.6. The predicted molar refractivity (Wildman–Crippen MR) is 107 cm³/mol. The Kier molecular flexibility index (Phi) is 8.70. The van der Waals surface area contributed by atoms with Crippen LogP contribution in [0.5, 0.6) is 5.75 Å². The molecule has 0 aliphatic heterocycles. The van der Waals surface area contributed by atoms with Crippen molar-refractivity contribution < 1.29 is 32.6 Å². The highest BCUT2D eigenvalue weighted by molar-refractivity contribution is 5.72. The number of rotatable bonds is 11. The summed E-state index contributed by atoms with van der Waals surface area (Å²) in [6.45, 7) is 2.02. The Labute approximate surface area is 173 Å². The van der Waals surface area contributed by atoms with Gasteiger partial charge >= 0.3 is 12.1 Å².